The average Bonchev–Trinajstić information content (AvgIpc) is 3.16. The van der Waals surface area contributed by atoms with Gasteiger partial charge in [0.15, 0.2) is 0 Å². The van der Waals surface area contributed by atoms with Gasteiger partial charge in [0.05, 0.1) is 5.39 Å². The molecule has 2 amide bonds. The molecule has 0 spiro atoms. The number of hydrogen-bond donors (Lipinski definition) is 2. The molecule has 1 saturated carbocycles. The van der Waals surface area contributed by atoms with Crippen LogP contribution in [0.25, 0.3) is 11.0 Å². The molecule has 2 aliphatic rings. The number of nitrogens with one attached hydrogen (secondary N) is 1. The lowest BCUT2D eigenvalue weighted by Gasteiger charge is -2.26. The van der Waals surface area contributed by atoms with Gasteiger partial charge in [0, 0.05) is 44.5 Å². The molecule has 1 aliphatic heterocycles. The Labute approximate surface area is 174 Å². The summed E-state index contributed by atoms with van der Waals surface area (Å²) in [5.74, 6) is -0.0742. The molecule has 2 fully saturated rings. The number of likely N-dealkylation sites (tertiary alicyclic amines) is 1. The first-order chi connectivity index (χ1) is 14.5. The van der Waals surface area contributed by atoms with Crippen LogP contribution < -0.4 is 16.5 Å². The van der Waals surface area contributed by atoms with Crippen molar-refractivity contribution in [1.29, 1.82) is 0 Å². The quantitative estimate of drug-likeness (QED) is 0.669. The van der Waals surface area contributed by atoms with Crippen LogP contribution in [0.1, 0.15) is 67.8 Å². The minimum Gasteiger partial charge on any atom is -0.365 e. The Hall–Kier alpha value is -2.97. The van der Waals surface area contributed by atoms with Gasteiger partial charge in [0.25, 0.3) is 5.91 Å². The second-order valence-electron chi connectivity index (χ2n) is 8.13. The van der Waals surface area contributed by atoms with E-state index in [4.69, 9.17) is 5.73 Å². The molecule has 9 heteroatoms. The van der Waals surface area contributed by atoms with Gasteiger partial charge in [-0.3, -0.25) is 14.4 Å². The Morgan fingerprint density at radius 1 is 1.20 bits per heavy atom. The topological polar surface area (TPSA) is 123 Å². The molecule has 0 unspecified atom stereocenters. The molecule has 3 N–H and O–H groups in total. The maximum absolute atomic E-state index is 12.7. The number of pyridine rings is 1. The molecule has 2 aromatic rings. The van der Waals surface area contributed by atoms with E-state index in [0.29, 0.717) is 36.5 Å². The fraction of sp³-hybridized carbons (Fsp3) is 0.571. The molecule has 30 heavy (non-hydrogen) atoms. The van der Waals surface area contributed by atoms with E-state index in [1.807, 2.05) is 9.47 Å². The Kier molecular flexibility index (Phi) is 5.96. The summed E-state index contributed by atoms with van der Waals surface area (Å²) >= 11 is 0. The van der Waals surface area contributed by atoms with E-state index in [2.05, 4.69) is 15.3 Å². The van der Waals surface area contributed by atoms with Crippen molar-refractivity contribution in [3.63, 3.8) is 0 Å². The normalized spacial score (nSPS) is 17.6. The number of anilines is 1. The molecule has 4 rings (SSSR count). The number of carbonyl (C=O) groups is 2. The molecule has 160 valence electrons. The smallest absolute Gasteiger partial charge is 0.254 e. The zero-order chi connectivity index (χ0) is 21.1. The molecular formula is C21H28N6O3. The number of nitrogens with two attached hydrogens (primary N) is 1. The van der Waals surface area contributed by atoms with Crippen molar-refractivity contribution in [2.75, 3.05) is 25.0 Å². The first-order valence-electron chi connectivity index (χ1n) is 10.8. The van der Waals surface area contributed by atoms with Crippen LogP contribution in [0.3, 0.4) is 0 Å². The third kappa shape index (κ3) is 4.15. The van der Waals surface area contributed by atoms with Crippen LogP contribution in [-0.2, 0) is 4.79 Å². The summed E-state index contributed by atoms with van der Waals surface area (Å²) in [5, 5.41) is 3.51. The number of primary amides is 1. The minimum atomic E-state index is -0.731. The highest BCUT2D eigenvalue weighted by atomic mass is 16.2. The Morgan fingerprint density at radius 2 is 2.00 bits per heavy atom. The van der Waals surface area contributed by atoms with Gasteiger partial charge in [-0.15, -0.1) is 0 Å². The lowest BCUT2D eigenvalue weighted by Crippen LogP contribution is -2.27. The first kappa shape index (κ1) is 20.3. The summed E-state index contributed by atoms with van der Waals surface area (Å²) in [4.78, 5) is 47.0. The molecule has 1 saturated heterocycles. The zero-order valence-electron chi connectivity index (χ0n) is 17.1. The maximum Gasteiger partial charge on any atom is 0.254 e. The Morgan fingerprint density at radius 3 is 2.70 bits per heavy atom. The van der Waals surface area contributed by atoms with Crippen molar-refractivity contribution >= 4 is 28.8 Å². The Bertz CT molecular complexity index is 1010. The van der Waals surface area contributed by atoms with E-state index in [0.717, 1.165) is 45.1 Å². The van der Waals surface area contributed by atoms with E-state index in [-0.39, 0.29) is 17.5 Å². The van der Waals surface area contributed by atoms with Gasteiger partial charge in [0.1, 0.15) is 11.2 Å². The first-order valence-corrected chi connectivity index (χ1v) is 10.8. The largest absolute Gasteiger partial charge is 0.365 e. The van der Waals surface area contributed by atoms with Gasteiger partial charge in [-0.2, -0.15) is 4.98 Å². The highest BCUT2D eigenvalue weighted by molar-refractivity contribution is 5.95. The lowest BCUT2D eigenvalue weighted by atomic mass is 9.95. The van der Waals surface area contributed by atoms with Crippen molar-refractivity contribution in [2.45, 2.75) is 57.4 Å². The lowest BCUT2D eigenvalue weighted by molar-refractivity contribution is -0.127. The number of nitrogens with zero attached hydrogens (tertiary/aromatic N) is 4. The molecule has 2 aromatic heterocycles. The molecule has 3 heterocycles. The van der Waals surface area contributed by atoms with E-state index >= 15 is 0 Å². The third-order valence-corrected chi connectivity index (χ3v) is 6.06. The summed E-state index contributed by atoms with van der Waals surface area (Å²) in [6.07, 6.45) is 10.8. The van der Waals surface area contributed by atoms with E-state index in [1.54, 1.807) is 6.20 Å². The molecular weight excluding hydrogens is 384 g/mol. The minimum absolute atomic E-state index is 0.0207. The van der Waals surface area contributed by atoms with Crippen LogP contribution >= 0.6 is 0 Å². The van der Waals surface area contributed by atoms with Crippen molar-refractivity contribution in [3.8, 4) is 0 Å². The van der Waals surface area contributed by atoms with Gasteiger partial charge < -0.3 is 20.5 Å². The predicted molar refractivity (Wildman–Crippen MR) is 113 cm³/mol. The summed E-state index contributed by atoms with van der Waals surface area (Å²) in [6.45, 7) is 2.18. The van der Waals surface area contributed by atoms with Crippen molar-refractivity contribution in [2.24, 2.45) is 5.73 Å². The standard InChI is InChI=1S/C21H28N6O3/c22-19(30)16-13-27(14-6-2-1-3-7-14)20-15(18(16)29)12-24-21(25-20)23-9-5-11-26-10-4-8-17(26)28/h12-14H,1-11H2,(H2,22,30)(H,23,24,25). The molecule has 0 atom stereocenters. The van der Waals surface area contributed by atoms with Gasteiger partial charge in [-0.05, 0) is 25.7 Å². The van der Waals surface area contributed by atoms with Crippen molar-refractivity contribution in [3.05, 3.63) is 28.2 Å². The average molecular weight is 412 g/mol. The third-order valence-electron chi connectivity index (χ3n) is 6.06. The second kappa shape index (κ2) is 8.81. The monoisotopic (exact) mass is 412 g/mol. The van der Waals surface area contributed by atoms with Crippen LogP contribution in [0.15, 0.2) is 17.2 Å². The van der Waals surface area contributed by atoms with Crippen LogP contribution in [-0.4, -0.2) is 50.9 Å². The van der Waals surface area contributed by atoms with Crippen molar-refractivity contribution in [1.82, 2.24) is 19.4 Å². The zero-order valence-corrected chi connectivity index (χ0v) is 17.1. The highest BCUT2D eigenvalue weighted by Gasteiger charge is 2.22. The number of hydrogen-bond acceptors (Lipinski definition) is 6. The summed E-state index contributed by atoms with van der Waals surface area (Å²) in [5.41, 5.74) is 5.53. The molecule has 0 bridgehead atoms. The maximum atomic E-state index is 12.7. The number of rotatable bonds is 7. The Balaban J connectivity index is 1.57. The van der Waals surface area contributed by atoms with Gasteiger partial charge in [-0.25, -0.2) is 4.98 Å². The summed E-state index contributed by atoms with van der Waals surface area (Å²) in [7, 11) is 0. The van der Waals surface area contributed by atoms with Crippen LogP contribution in [0.2, 0.25) is 0 Å². The van der Waals surface area contributed by atoms with E-state index in [1.165, 1.54) is 12.6 Å². The molecule has 0 aromatic carbocycles. The summed E-state index contributed by atoms with van der Waals surface area (Å²) < 4.78 is 1.94. The van der Waals surface area contributed by atoms with Gasteiger partial charge in [-0.1, -0.05) is 19.3 Å². The predicted octanol–water partition coefficient (Wildman–Crippen LogP) is 1.82. The number of carbonyl (C=O) groups excluding carboxylic acids is 2. The van der Waals surface area contributed by atoms with Crippen LogP contribution in [0.5, 0.6) is 0 Å². The SMILES string of the molecule is NC(=O)c1cn(C2CCCCC2)c2nc(NCCCN3CCCC3=O)ncc2c1=O. The number of amides is 2. The van der Waals surface area contributed by atoms with Crippen LogP contribution in [0.4, 0.5) is 5.95 Å². The number of fused-ring (bicyclic) bond motifs is 1. The van der Waals surface area contributed by atoms with Gasteiger partial charge >= 0.3 is 0 Å². The fourth-order valence-electron chi connectivity index (χ4n) is 4.44. The van der Waals surface area contributed by atoms with Gasteiger partial charge in [0.2, 0.25) is 17.3 Å². The molecule has 0 radical (unpaired) electrons. The highest BCUT2D eigenvalue weighted by Crippen LogP contribution is 2.30. The molecule has 9 nitrogen and oxygen atoms in total. The molecule has 1 aliphatic carbocycles. The summed E-state index contributed by atoms with van der Waals surface area (Å²) in [6, 6.07) is 0.184. The second-order valence-corrected chi connectivity index (χ2v) is 8.13. The number of aromatic nitrogens is 3. The fourth-order valence-corrected chi connectivity index (χ4v) is 4.44. The van der Waals surface area contributed by atoms with Crippen LogP contribution in [0, 0.1) is 0 Å². The van der Waals surface area contributed by atoms with E-state index < -0.39 is 11.3 Å². The van der Waals surface area contributed by atoms with E-state index in [9.17, 15) is 14.4 Å². The van der Waals surface area contributed by atoms with Crippen molar-refractivity contribution < 1.29 is 9.59 Å².